The summed E-state index contributed by atoms with van der Waals surface area (Å²) in [6.07, 6.45) is 0.752. The number of likely N-dealkylation sites (tertiary alicyclic amines) is 1. The predicted molar refractivity (Wildman–Crippen MR) is 65.3 cm³/mol. The summed E-state index contributed by atoms with van der Waals surface area (Å²) in [5.74, 6) is 0.459. The van der Waals surface area contributed by atoms with Crippen molar-refractivity contribution < 1.29 is 19.1 Å². The number of nitrogens with zero attached hydrogens (tertiary/aromatic N) is 1. The van der Waals surface area contributed by atoms with Crippen LogP contribution in [0.5, 0.6) is 0 Å². The van der Waals surface area contributed by atoms with E-state index in [0.717, 1.165) is 13.0 Å². The lowest BCUT2D eigenvalue weighted by Crippen LogP contribution is -2.31. The molecule has 100 valence electrons. The van der Waals surface area contributed by atoms with E-state index in [-0.39, 0.29) is 11.8 Å². The zero-order chi connectivity index (χ0) is 13.3. The SMILES string of the molecule is COC(=O)c1ccc(C(C)N2CCC(C)(O)C2)o1. The van der Waals surface area contributed by atoms with Crippen molar-refractivity contribution in [2.75, 3.05) is 20.2 Å². The number of aliphatic hydroxyl groups is 1. The van der Waals surface area contributed by atoms with Gasteiger partial charge in [0.05, 0.1) is 18.8 Å². The van der Waals surface area contributed by atoms with Gasteiger partial charge in [-0.05, 0) is 32.4 Å². The van der Waals surface area contributed by atoms with Gasteiger partial charge in [0.2, 0.25) is 5.76 Å². The Morgan fingerprint density at radius 1 is 1.61 bits per heavy atom. The van der Waals surface area contributed by atoms with Gasteiger partial charge in [-0.2, -0.15) is 0 Å². The van der Waals surface area contributed by atoms with Crippen molar-refractivity contribution in [2.24, 2.45) is 0 Å². The van der Waals surface area contributed by atoms with Crippen LogP contribution in [0.2, 0.25) is 0 Å². The summed E-state index contributed by atoms with van der Waals surface area (Å²) in [6.45, 7) is 5.27. The Kier molecular flexibility index (Phi) is 3.45. The number of hydrogen-bond donors (Lipinski definition) is 1. The number of ether oxygens (including phenoxy) is 1. The van der Waals surface area contributed by atoms with Crippen molar-refractivity contribution in [3.8, 4) is 0 Å². The van der Waals surface area contributed by atoms with Crippen molar-refractivity contribution in [1.82, 2.24) is 4.90 Å². The Labute approximate surface area is 106 Å². The van der Waals surface area contributed by atoms with E-state index in [0.29, 0.717) is 12.3 Å². The Bertz CT molecular complexity index is 438. The Morgan fingerprint density at radius 3 is 2.89 bits per heavy atom. The first kappa shape index (κ1) is 13.1. The lowest BCUT2D eigenvalue weighted by atomic mass is 10.1. The minimum Gasteiger partial charge on any atom is -0.463 e. The molecule has 0 amide bonds. The average molecular weight is 253 g/mol. The summed E-state index contributed by atoms with van der Waals surface area (Å²) >= 11 is 0. The molecule has 1 N–H and O–H groups in total. The predicted octanol–water partition coefficient (Wildman–Crippen LogP) is 1.58. The van der Waals surface area contributed by atoms with E-state index >= 15 is 0 Å². The molecule has 5 nitrogen and oxygen atoms in total. The number of esters is 1. The highest BCUT2D eigenvalue weighted by atomic mass is 16.5. The van der Waals surface area contributed by atoms with Crippen molar-refractivity contribution in [3.63, 3.8) is 0 Å². The molecule has 2 heterocycles. The van der Waals surface area contributed by atoms with E-state index in [1.807, 2.05) is 13.8 Å². The number of carbonyl (C=O) groups excluding carboxylic acids is 1. The van der Waals surface area contributed by atoms with Crippen molar-refractivity contribution >= 4 is 5.97 Å². The van der Waals surface area contributed by atoms with Crippen LogP contribution in [-0.4, -0.2) is 41.8 Å². The third-order valence-electron chi connectivity index (χ3n) is 3.45. The highest BCUT2D eigenvalue weighted by Crippen LogP contribution is 2.30. The maximum Gasteiger partial charge on any atom is 0.373 e. The second kappa shape index (κ2) is 4.74. The van der Waals surface area contributed by atoms with Gasteiger partial charge in [-0.15, -0.1) is 0 Å². The normalized spacial score (nSPS) is 26.2. The van der Waals surface area contributed by atoms with Crippen LogP contribution in [0.1, 0.15) is 42.6 Å². The molecule has 0 spiro atoms. The fraction of sp³-hybridized carbons (Fsp3) is 0.615. The van der Waals surface area contributed by atoms with Gasteiger partial charge in [0.1, 0.15) is 5.76 Å². The molecule has 1 aliphatic heterocycles. The number of methoxy groups -OCH3 is 1. The van der Waals surface area contributed by atoms with Crippen molar-refractivity contribution in [1.29, 1.82) is 0 Å². The van der Waals surface area contributed by atoms with E-state index in [2.05, 4.69) is 9.64 Å². The molecule has 1 aliphatic rings. The average Bonchev–Trinajstić information content (AvgIpc) is 2.93. The summed E-state index contributed by atoms with van der Waals surface area (Å²) < 4.78 is 10.1. The van der Waals surface area contributed by atoms with Crippen LogP contribution in [-0.2, 0) is 4.74 Å². The quantitative estimate of drug-likeness (QED) is 0.829. The maximum atomic E-state index is 11.3. The fourth-order valence-corrected chi connectivity index (χ4v) is 2.28. The third-order valence-corrected chi connectivity index (χ3v) is 3.45. The molecule has 1 fully saturated rings. The number of furan rings is 1. The lowest BCUT2D eigenvalue weighted by molar-refractivity contribution is 0.0543. The topological polar surface area (TPSA) is 62.9 Å². The molecule has 0 saturated carbocycles. The summed E-state index contributed by atoms with van der Waals surface area (Å²) in [6, 6.07) is 3.44. The molecular formula is C13H19NO4. The van der Waals surface area contributed by atoms with Crippen LogP contribution < -0.4 is 0 Å². The summed E-state index contributed by atoms with van der Waals surface area (Å²) in [7, 11) is 1.33. The second-order valence-corrected chi connectivity index (χ2v) is 5.09. The zero-order valence-corrected chi connectivity index (χ0v) is 11.0. The van der Waals surface area contributed by atoms with Crippen LogP contribution in [0.15, 0.2) is 16.5 Å². The van der Waals surface area contributed by atoms with E-state index in [9.17, 15) is 9.90 Å². The molecular weight excluding hydrogens is 234 g/mol. The Morgan fingerprint density at radius 2 is 2.33 bits per heavy atom. The van der Waals surface area contributed by atoms with Gasteiger partial charge in [0, 0.05) is 13.1 Å². The molecule has 0 aliphatic carbocycles. The molecule has 5 heteroatoms. The summed E-state index contributed by atoms with van der Waals surface area (Å²) in [5.41, 5.74) is -0.633. The van der Waals surface area contributed by atoms with Crippen molar-refractivity contribution in [2.45, 2.75) is 31.9 Å². The van der Waals surface area contributed by atoms with E-state index in [4.69, 9.17) is 4.42 Å². The first-order valence-electron chi connectivity index (χ1n) is 6.07. The highest BCUT2D eigenvalue weighted by molar-refractivity contribution is 5.86. The lowest BCUT2D eigenvalue weighted by Gasteiger charge is -2.23. The fourth-order valence-electron chi connectivity index (χ4n) is 2.28. The van der Waals surface area contributed by atoms with Crippen LogP contribution in [0.4, 0.5) is 0 Å². The van der Waals surface area contributed by atoms with Gasteiger partial charge < -0.3 is 14.3 Å². The van der Waals surface area contributed by atoms with Crippen LogP contribution >= 0.6 is 0 Å². The van der Waals surface area contributed by atoms with Crippen LogP contribution in [0.25, 0.3) is 0 Å². The Balaban J connectivity index is 2.08. The highest BCUT2D eigenvalue weighted by Gasteiger charge is 2.35. The number of rotatable bonds is 3. The zero-order valence-electron chi connectivity index (χ0n) is 11.0. The molecule has 2 atom stereocenters. The largest absolute Gasteiger partial charge is 0.463 e. The van der Waals surface area contributed by atoms with E-state index in [1.165, 1.54) is 7.11 Å². The molecule has 0 bridgehead atoms. The van der Waals surface area contributed by atoms with E-state index in [1.54, 1.807) is 12.1 Å². The van der Waals surface area contributed by atoms with Crippen LogP contribution in [0.3, 0.4) is 0 Å². The third kappa shape index (κ3) is 2.57. The first-order valence-corrected chi connectivity index (χ1v) is 6.07. The second-order valence-electron chi connectivity index (χ2n) is 5.09. The molecule has 1 saturated heterocycles. The molecule has 0 aromatic carbocycles. The van der Waals surface area contributed by atoms with Gasteiger partial charge in [-0.3, -0.25) is 4.90 Å². The van der Waals surface area contributed by atoms with E-state index < -0.39 is 11.6 Å². The molecule has 2 unspecified atom stereocenters. The summed E-state index contributed by atoms with van der Waals surface area (Å²) in [4.78, 5) is 13.4. The smallest absolute Gasteiger partial charge is 0.373 e. The Hall–Kier alpha value is -1.33. The molecule has 2 rings (SSSR count). The van der Waals surface area contributed by atoms with Gasteiger partial charge in [0.15, 0.2) is 0 Å². The van der Waals surface area contributed by atoms with Crippen LogP contribution in [0, 0.1) is 0 Å². The number of hydrogen-bond acceptors (Lipinski definition) is 5. The number of carbonyl (C=O) groups is 1. The number of β-amino-alcohol motifs (C(OH)–C–C–N with tert-alkyl or cyclic N) is 1. The minimum absolute atomic E-state index is 0.0392. The van der Waals surface area contributed by atoms with Gasteiger partial charge in [0.25, 0.3) is 0 Å². The maximum absolute atomic E-state index is 11.3. The van der Waals surface area contributed by atoms with Gasteiger partial charge in [-0.25, -0.2) is 4.79 Å². The monoisotopic (exact) mass is 253 g/mol. The molecule has 18 heavy (non-hydrogen) atoms. The molecule has 1 aromatic rings. The standard InChI is InChI=1S/C13H19NO4/c1-9(14-7-6-13(2,16)8-14)10-4-5-11(18-10)12(15)17-3/h4-5,9,16H,6-8H2,1-3H3. The minimum atomic E-state index is -0.633. The van der Waals surface area contributed by atoms with Gasteiger partial charge in [-0.1, -0.05) is 0 Å². The summed E-state index contributed by atoms with van der Waals surface area (Å²) in [5, 5.41) is 9.95. The molecule has 1 aromatic heterocycles. The van der Waals surface area contributed by atoms with Crippen molar-refractivity contribution in [3.05, 3.63) is 23.7 Å². The first-order chi connectivity index (χ1) is 8.43. The van der Waals surface area contributed by atoms with Gasteiger partial charge >= 0.3 is 5.97 Å². The molecule has 0 radical (unpaired) electrons.